The van der Waals surface area contributed by atoms with Gasteiger partial charge in [0.1, 0.15) is 23.7 Å². The Morgan fingerprint density at radius 2 is 1.92 bits per heavy atom. The van der Waals surface area contributed by atoms with Gasteiger partial charge >= 0.3 is 0 Å². The van der Waals surface area contributed by atoms with Crippen molar-refractivity contribution >= 4 is 23.5 Å². The van der Waals surface area contributed by atoms with Gasteiger partial charge in [-0.1, -0.05) is 0 Å². The van der Waals surface area contributed by atoms with Crippen LogP contribution < -0.4 is 10.1 Å². The number of nitrogens with zero attached hydrogens (tertiary/aromatic N) is 1. The van der Waals surface area contributed by atoms with E-state index in [-0.39, 0.29) is 30.1 Å². The van der Waals surface area contributed by atoms with Crippen molar-refractivity contribution in [3.63, 3.8) is 0 Å². The summed E-state index contributed by atoms with van der Waals surface area (Å²) in [5.41, 5.74) is 1.35. The van der Waals surface area contributed by atoms with E-state index >= 15 is 0 Å². The van der Waals surface area contributed by atoms with Crippen LogP contribution >= 0.6 is 0 Å². The number of piperidine rings is 1. The molecule has 1 unspecified atom stereocenters. The molecule has 4 rings (SSSR count). The maximum atomic E-state index is 12.5. The average molecular weight is 328 g/mol. The first-order valence-corrected chi connectivity index (χ1v) is 7.97. The van der Waals surface area contributed by atoms with Crippen LogP contribution in [0.15, 0.2) is 18.2 Å². The number of hydrogen-bond donors (Lipinski definition) is 1. The third-order valence-electron chi connectivity index (χ3n) is 4.71. The maximum absolute atomic E-state index is 12.5. The Morgan fingerprint density at radius 3 is 2.62 bits per heavy atom. The zero-order valence-electron chi connectivity index (χ0n) is 12.9. The molecular formula is C17H16N2O5. The SMILES string of the molecule is O=C1CC(Oc2ccc3c(c2)CN(C2CCC(=O)NC2=O)C3=O)C1. The van der Waals surface area contributed by atoms with Gasteiger partial charge in [-0.25, -0.2) is 0 Å². The van der Waals surface area contributed by atoms with E-state index in [1.807, 2.05) is 0 Å². The molecule has 0 radical (unpaired) electrons. The van der Waals surface area contributed by atoms with Crippen molar-refractivity contribution in [2.75, 3.05) is 0 Å². The van der Waals surface area contributed by atoms with Crippen molar-refractivity contribution in [1.29, 1.82) is 0 Å². The molecule has 124 valence electrons. The number of amides is 3. The molecule has 1 aromatic rings. The first kappa shape index (κ1) is 14.9. The van der Waals surface area contributed by atoms with E-state index in [0.717, 1.165) is 5.56 Å². The Balaban J connectivity index is 1.50. The summed E-state index contributed by atoms with van der Waals surface area (Å²) in [6, 6.07) is 4.59. The molecule has 1 aromatic carbocycles. The molecule has 3 aliphatic rings. The normalized spacial score (nSPS) is 23.8. The van der Waals surface area contributed by atoms with Gasteiger partial charge in [0.2, 0.25) is 11.8 Å². The highest BCUT2D eigenvalue weighted by Crippen LogP contribution is 2.31. The van der Waals surface area contributed by atoms with E-state index in [1.165, 1.54) is 4.90 Å². The predicted molar refractivity (Wildman–Crippen MR) is 81.1 cm³/mol. The number of Topliss-reactive ketones (excluding diaryl/α,β-unsaturated/α-hetero) is 1. The highest BCUT2D eigenvalue weighted by Gasteiger charge is 2.39. The van der Waals surface area contributed by atoms with Gasteiger partial charge < -0.3 is 9.64 Å². The fourth-order valence-corrected chi connectivity index (χ4v) is 3.35. The second-order valence-electron chi connectivity index (χ2n) is 6.41. The molecule has 2 fully saturated rings. The fourth-order valence-electron chi connectivity index (χ4n) is 3.35. The second-order valence-corrected chi connectivity index (χ2v) is 6.41. The maximum Gasteiger partial charge on any atom is 0.255 e. The van der Waals surface area contributed by atoms with Crippen LogP contribution in [0.1, 0.15) is 41.6 Å². The average Bonchev–Trinajstić information content (AvgIpc) is 2.82. The van der Waals surface area contributed by atoms with E-state index in [0.29, 0.717) is 37.1 Å². The van der Waals surface area contributed by atoms with Crippen molar-refractivity contribution in [3.8, 4) is 5.75 Å². The molecule has 24 heavy (non-hydrogen) atoms. The van der Waals surface area contributed by atoms with Gasteiger partial charge in [-0.2, -0.15) is 0 Å². The largest absolute Gasteiger partial charge is 0.490 e. The minimum absolute atomic E-state index is 0.0844. The number of ether oxygens (including phenoxy) is 1. The quantitative estimate of drug-likeness (QED) is 0.818. The van der Waals surface area contributed by atoms with E-state index in [9.17, 15) is 19.2 Å². The molecule has 1 saturated carbocycles. The minimum Gasteiger partial charge on any atom is -0.490 e. The molecule has 1 aliphatic carbocycles. The zero-order chi connectivity index (χ0) is 16.8. The summed E-state index contributed by atoms with van der Waals surface area (Å²) in [6.07, 6.45) is 1.36. The summed E-state index contributed by atoms with van der Waals surface area (Å²) in [7, 11) is 0. The molecule has 3 amide bonds. The highest BCUT2D eigenvalue weighted by molar-refractivity contribution is 6.05. The third-order valence-corrected chi connectivity index (χ3v) is 4.71. The monoisotopic (exact) mass is 328 g/mol. The van der Waals surface area contributed by atoms with E-state index in [2.05, 4.69) is 5.32 Å². The van der Waals surface area contributed by atoms with Crippen LogP contribution in [0.4, 0.5) is 0 Å². The molecule has 7 heteroatoms. The van der Waals surface area contributed by atoms with Gasteiger partial charge in [0.05, 0.1) is 0 Å². The van der Waals surface area contributed by atoms with Gasteiger partial charge in [0.15, 0.2) is 0 Å². The lowest BCUT2D eigenvalue weighted by molar-refractivity contribution is -0.137. The van der Waals surface area contributed by atoms with Crippen molar-refractivity contribution in [2.45, 2.75) is 44.4 Å². The number of hydrogen-bond acceptors (Lipinski definition) is 5. The zero-order valence-corrected chi connectivity index (χ0v) is 12.9. The predicted octanol–water partition coefficient (Wildman–Crippen LogP) is 0.558. The Hall–Kier alpha value is -2.70. The lowest BCUT2D eigenvalue weighted by Crippen LogP contribution is -2.52. The van der Waals surface area contributed by atoms with Gasteiger partial charge in [-0.15, -0.1) is 0 Å². The number of nitrogens with one attached hydrogen (secondary N) is 1. The van der Waals surface area contributed by atoms with E-state index < -0.39 is 11.9 Å². The molecule has 0 spiro atoms. The lowest BCUT2D eigenvalue weighted by Gasteiger charge is -2.29. The van der Waals surface area contributed by atoms with Crippen LogP contribution in [0.25, 0.3) is 0 Å². The van der Waals surface area contributed by atoms with Gasteiger partial charge in [-0.3, -0.25) is 24.5 Å². The molecule has 0 aromatic heterocycles. The number of rotatable bonds is 3. The van der Waals surface area contributed by atoms with Crippen LogP contribution in [0, 0.1) is 0 Å². The van der Waals surface area contributed by atoms with Crippen molar-refractivity contribution in [2.24, 2.45) is 0 Å². The molecule has 7 nitrogen and oxygen atoms in total. The number of ketones is 1. The Bertz CT molecular complexity index is 764. The van der Waals surface area contributed by atoms with Gasteiger partial charge in [0.25, 0.3) is 5.91 Å². The standard InChI is InChI=1S/C17H16N2O5/c20-10-6-12(7-10)24-11-1-2-13-9(5-11)8-19(17(13)23)14-3-4-15(21)18-16(14)22/h1-2,5,12,14H,3-4,6-8H2,(H,18,21,22). The lowest BCUT2D eigenvalue weighted by atomic mass is 9.94. The first-order chi connectivity index (χ1) is 11.5. The Kier molecular flexibility index (Phi) is 3.37. The summed E-state index contributed by atoms with van der Waals surface area (Å²) in [5.74, 6) is -0.0996. The number of fused-ring (bicyclic) bond motifs is 1. The van der Waals surface area contributed by atoms with E-state index in [4.69, 9.17) is 4.74 Å². The topological polar surface area (TPSA) is 92.8 Å². The van der Waals surface area contributed by atoms with Crippen molar-refractivity contribution in [1.82, 2.24) is 10.2 Å². The molecule has 0 bridgehead atoms. The number of benzene rings is 1. The summed E-state index contributed by atoms with van der Waals surface area (Å²) in [4.78, 5) is 48.3. The van der Waals surface area contributed by atoms with Crippen LogP contribution in [0.3, 0.4) is 0 Å². The van der Waals surface area contributed by atoms with Crippen LogP contribution in [0.2, 0.25) is 0 Å². The van der Waals surface area contributed by atoms with Crippen molar-refractivity contribution < 1.29 is 23.9 Å². The fraction of sp³-hybridized carbons (Fsp3) is 0.412. The summed E-state index contributed by atoms with van der Waals surface area (Å²) in [6.45, 7) is 0.321. The first-order valence-electron chi connectivity index (χ1n) is 7.97. The molecule has 1 saturated heterocycles. The Morgan fingerprint density at radius 1 is 1.12 bits per heavy atom. The van der Waals surface area contributed by atoms with Crippen LogP contribution in [-0.2, 0) is 20.9 Å². The van der Waals surface area contributed by atoms with Crippen LogP contribution in [-0.4, -0.2) is 40.6 Å². The third kappa shape index (κ3) is 2.46. The molecule has 2 heterocycles. The van der Waals surface area contributed by atoms with Crippen molar-refractivity contribution in [3.05, 3.63) is 29.3 Å². The second kappa shape index (κ2) is 5.43. The molecule has 1 atom stereocenters. The molecule has 1 N–H and O–H groups in total. The van der Waals surface area contributed by atoms with Crippen LogP contribution in [0.5, 0.6) is 5.75 Å². The minimum atomic E-state index is -0.615. The molecule has 2 aliphatic heterocycles. The van der Waals surface area contributed by atoms with Gasteiger partial charge in [-0.05, 0) is 30.2 Å². The van der Waals surface area contributed by atoms with E-state index in [1.54, 1.807) is 18.2 Å². The smallest absolute Gasteiger partial charge is 0.255 e. The summed E-state index contributed by atoms with van der Waals surface area (Å²) < 4.78 is 5.72. The highest BCUT2D eigenvalue weighted by atomic mass is 16.5. The Labute approximate surface area is 137 Å². The number of imide groups is 1. The number of carbonyl (C=O) groups is 4. The number of carbonyl (C=O) groups excluding carboxylic acids is 4. The molecular weight excluding hydrogens is 312 g/mol. The summed E-state index contributed by atoms with van der Waals surface area (Å²) in [5, 5.41) is 2.28. The van der Waals surface area contributed by atoms with Gasteiger partial charge in [0, 0.05) is 31.4 Å². The summed E-state index contributed by atoms with van der Waals surface area (Å²) >= 11 is 0.